The Morgan fingerprint density at radius 2 is 2.24 bits per heavy atom. The SMILES string of the molecule is Cc1ccc(F)c(C(=O)Nc2c[nH]c3ncc(Br)c(N4CCC[C@@H](N)C4)c23)c1.Cl. The minimum absolute atomic E-state index is 0. The van der Waals surface area contributed by atoms with Crippen LogP contribution in [-0.4, -0.2) is 35.0 Å². The number of nitrogens with zero attached hydrogens (tertiary/aromatic N) is 2. The smallest absolute Gasteiger partial charge is 0.258 e. The highest BCUT2D eigenvalue weighted by Crippen LogP contribution is 2.39. The van der Waals surface area contributed by atoms with E-state index in [1.54, 1.807) is 18.5 Å². The summed E-state index contributed by atoms with van der Waals surface area (Å²) < 4.78 is 15.0. The van der Waals surface area contributed by atoms with Gasteiger partial charge in [-0.2, -0.15) is 0 Å². The first-order valence-electron chi connectivity index (χ1n) is 9.17. The minimum Gasteiger partial charge on any atom is -0.368 e. The molecule has 1 saturated heterocycles. The molecule has 4 rings (SSSR count). The second-order valence-electron chi connectivity index (χ2n) is 7.17. The van der Waals surface area contributed by atoms with Crippen molar-refractivity contribution in [3.8, 4) is 0 Å². The Hall–Kier alpha value is -2.16. The molecular weight excluding hydrogens is 461 g/mol. The standard InChI is InChI=1S/C20H21BrFN5O.ClH/c1-11-4-5-15(22)13(7-11)20(28)26-16-9-25-19-17(16)18(14(21)8-24-19)27-6-2-3-12(23)10-27;/h4-5,7-9,12H,2-3,6,10,23H2,1H3,(H,24,25)(H,26,28);1H/t12-;/m1./s1. The van der Waals surface area contributed by atoms with E-state index in [0.29, 0.717) is 11.3 Å². The lowest BCUT2D eigenvalue weighted by Gasteiger charge is -2.33. The van der Waals surface area contributed by atoms with Crippen LogP contribution in [0.1, 0.15) is 28.8 Å². The predicted octanol–water partition coefficient (Wildman–Crippen LogP) is 4.37. The molecule has 9 heteroatoms. The summed E-state index contributed by atoms with van der Waals surface area (Å²) in [6, 6.07) is 4.58. The summed E-state index contributed by atoms with van der Waals surface area (Å²) in [5.74, 6) is -1.05. The Labute approximate surface area is 182 Å². The molecule has 0 aliphatic carbocycles. The summed E-state index contributed by atoms with van der Waals surface area (Å²) in [6.45, 7) is 3.42. The van der Waals surface area contributed by atoms with Gasteiger partial charge in [-0.25, -0.2) is 9.37 Å². The molecule has 0 bridgehead atoms. The van der Waals surface area contributed by atoms with Crippen LogP contribution in [0.15, 0.2) is 35.1 Å². The Morgan fingerprint density at radius 1 is 1.45 bits per heavy atom. The van der Waals surface area contributed by atoms with Crippen LogP contribution in [0, 0.1) is 12.7 Å². The molecule has 4 N–H and O–H groups in total. The van der Waals surface area contributed by atoms with Crippen LogP contribution in [0.25, 0.3) is 11.0 Å². The Balaban J connectivity index is 0.00000240. The summed E-state index contributed by atoms with van der Waals surface area (Å²) in [5, 5.41) is 3.62. The fraction of sp³-hybridized carbons (Fsp3) is 0.300. The van der Waals surface area contributed by atoms with Gasteiger partial charge in [0.25, 0.3) is 5.91 Å². The van der Waals surface area contributed by atoms with E-state index in [4.69, 9.17) is 5.73 Å². The van der Waals surface area contributed by atoms with Gasteiger partial charge in [0.15, 0.2) is 0 Å². The second-order valence-corrected chi connectivity index (χ2v) is 8.02. The Bertz CT molecular complexity index is 1060. The van der Waals surface area contributed by atoms with Crippen LogP contribution in [0.5, 0.6) is 0 Å². The lowest BCUT2D eigenvalue weighted by atomic mass is 10.1. The highest BCUT2D eigenvalue weighted by Gasteiger charge is 2.24. The number of H-pyrrole nitrogens is 1. The summed E-state index contributed by atoms with van der Waals surface area (Å²) in [7, 11) is 0. The maximum atomic E-state index is 14.1. The molecule has 1 aliphatic rings. The summed E-state index contributed by atoms with van der Waals surface area (Å²) >= 11 is 3.59. The Morgan fingerprint density at radius 3 is 3.00 bits per heavy atom. The highest BCUT2D eigenvalue weighted by molar-refractivity contribution is 9.10. The summed E-state index contributed by atoms with van der Waals surface area (Å²) in [4.78, 5) is 22.4. The average molecular weight is 483 g/mol. The Kier molecular flexibility index (Phi) is 6.45. The number of aryl methyl sites for hydroxylation is 1. The van der Waals surface area contributed by atoms with Crippen molar-refractivity contribution in [2.24, 2.45) is 5.73 Å². The van der Waals surface area contributed by atoms with E-state index < -0.39 is 11.7 Å². The van der Waals surface area contributed by atoms with Crippen LogP contribution in [0.4, 0.5) is 15.8 Å². The van der Waals surface area contributed by atoms with Crippen molar-refractivity contribution in [1.29, 1.82) is 0 Å². The van der Waals surface area contributed by atoms with Gasteiger partial charge >= 0.3 is 0 Å². The number of benzene rings is 1. The lowest BCUT2D eigenvalue weighted by Crippen LogP contribution is -2.43. The van der Waals surface area contributed by atoms with Crippen molar-refractivity contribution in [3.05, 3.63) is 52.0 Å². The number of carbonyl (C=O) groups is 1. The number of halogens is 3. The zero-order chi connectivity index (χ0) is 19.8. The maximum absolute atomic E-state index is 14.1. The monoisotopic (exact) mass is 481 g/mol. The number of nitrogens with one attached hydrogen (secondary N) is 2. The zero-order valence-corrected chi connectivity index (χ0v) is 18.2. The fourth-order valence-electron chi connectivity index (χ4n) is 3.68. The number of nitrogens with two attached hydrogens (primary N) is 1. The van der Waals surface area contributed by atoms with Crippen molar-refractivity contribution in [1.82, 2.24) is 9.97 Å². The second kappa shape index (κ2) is 8.69. The lowest BCUT2D eigenvalue weighted by molar-refractivity contribution is 0.102. The topological polar surface area (TPSA) is 87.0 Å². The van der Waals surface area contributed by atoms with Crippen molar-refractivity contribution in [2.75, 3.05) is 23.3 Å². The molecule has 154 valence electrons. The van der Waals surface area contributed by atoms with Gasteiger partial charge in [0.05, 0.1) is 26.8 Å². The number of hydrogen-bond donors (Lipinski definition) is 3. The molecule has 1 fully saturated rings. The van der Waals surface area contributed by atoms with E-state index >= 15 is 0 Å². The average Bonchev–Trinajstić information content (AvgIpc) is 3.06. The van der Waals surface area contributed by atoms with Gasteiger partial charge in [-0.05, 0) is 47.8 Å². The number of rotatable bonds is 3. The van der Waals surface area contributed by atoms with Crippen LogP contribution >= 0.6 is 28.3 Å². The zero-order valence-electron chi connectivity index (χ0n) is 15.8. The van der Waals surface area contributed by atoms with E-state index in [2.05, 4.69) is 36.1 Å². The first-order valence-corrected chi connectivity index (χ1v) is 9.97. The molecule has 0 radical (unpaired) electrons. The fourth-order valence-corrected chi connectivity index (χ4v) is 4.23. The number of carbonyl (C=O) groups excluding carboxylic acids is 1. The van der Waals surface area contributed by atoms with Crippen LogP contribution in [0.3, 0.4) is 0 Å². The molecule has 29 heavy (non-hydrogen) atoms. The number of aromatic nitrogens is 2. The van der Waals surface area contributed by atoms with E-state index in [0.717, 1.165) is 47.0 Å². The molecule has 6 nitrogen and oxygen atoms in total. The highest BCUT2D eigenvalue weighted by atomic mass is 79.9. The van der Waals surface area contributed by atoms with E-state index in [9.17, 15) is 9.18 Å². The number of piperidine rings is 1. The third-order valence-electron chi connectivity index (χ3n) is 5.02. The number of anilines is 2. The van der Waals surface area contributed by atoms with E-state index in [-0.39, 0.29) is 24.0 Å². The van der Waals surface area contributed by atoms with Gasteiger partial charge in [0.1, 0.15) is 11.5 Å². The van der Waals surface area contributed by atoms with Crippen LogP contribution < -0.4 is 16.0 Å². The number of pyridine rings is 1. The van der Waals surface area contributed by atoms with Gasteiger partial charge in [-0.15, -0.1) is 12.4 Å². The summed E-state index contributed by atoms with van der Waals surface area (Å²) in [5.41, 5.74) is 9.14. The molecule has 1 amide bonds. The van der Waals surface area contributed by atoms with Crippen molar-refractivity contribution < 1.29 is 9.18 Å². The van der Waals surface area contributed by atoms with Crippen molar-refractivity contribution in [2.45, 2.75) is 25.8 Å². The maximum Gasteiger partial charge on any atom is 0.258 e. The van der Waals surface area contributed by atoms with Gasteiger partial charge < -0.3 is 20.9 Å². The molecule has 3 aromatic rings. The molecule has 1 atom stereocenters. The molecule has 3 heterocycles. The molecule has 0 unspecified atom stereocenters. The van der Waals surface area contributed by atoms with Gasteiger partial charge in [0, 0.05) is 31.5 Å². The van der Waals surface area contributed by atoms with Gasteiger partial charge in [-0.3, -0.25) is 4.79 Å². The normalized spacial score (nSPS) is 16.6. The number of fused-ring (bicyclic) bond motifs is 1. The van der Waals surface area contributed by atoms with Crippen LogP contribution in [-0.2, 0) is 0 Å². The third kappa shape index (κ3) is 4.24. The molecule has 0 saturated carbocycles. The predicted molar refractivity (Wildman–Crippen MR) is 120 cm³/mol. The molecule has 2 aromatic heterocycles. The first-order chi connectivity index (χ1) is 13.4. The van der Waals surface area contributed by atoms with Crippen molar-refractivity contribution in [3.63, 3.8) is 0 Å². The number of amides is 1. The van der Waals surface area contributed by atoms with E-state index in [1.807, 2.05) is 6.92 Å². The molecule has 1 aromatic carbocycles. The van der Waals surface area contributed by atoms with Gasteiger partial charge in [-0.1, -0.05) is 11.6 Å². The minimum atomic E-state index is -0.551. The largest absolute Gasteiger partial charge is 0.368 e. The number of aromatic amines is 1. The molecule has 1 aliphatic heterocycles. The molecular formula is C20H22BrClFN5O. The molecule has 0 spiro atoms. The first kappa shape index (κ1) is 21.5. The van der Waals surface area contributed by atoms with Gasteiger partial charge in [0.2, 0.25) is 0 Å². The summed E-state index contributed by atoms with van der Waals surface area (Å²) in [6.07, 6.45) is 5.41. The van der Waals surface area contributed by atoms with E-state index in [1.165, 1.54) is 12.1 Å². The number of hydrogen-bond acceptors (Lipinski definition) is 4. The third-order valence-corrected chi connectivity index (χ3v) is 5.60. The quantitative estimate of drug-likeness (QED) is 0.517. The van der Waals surface area contributed by atoms with Crippen molar-refractivity contribution >= 4 is 56.7 Å². The van der Waals surface area contributed by atoms with Crippen LogP contribution in [0.2, 0.25) is 0 Å².